The van der Waals surface area contributed by atoms with Crippen LogP contribution >= 0.6 is 0 Å². The van der Waals surface area contributed by atoms with Gasteiger partial charge in [0.25, 0.3) is 0 Å². The van der Waals surface area contributed by atoms with E-state index in [-0.39, 0.29) is 0 Å². The van der Waals surface area contributed by atoms with E-state index in [1.807, 2.05) is 24.3 Å². The lowest BCUT2D eigenvalue weighted by molar-refractivity contribution is -0.107. The van der Waals surface area contributed by atoms with Crippen molar-refractivity contribution in [2.24, 2.45) is 0 Å². The zero-order chi connectivity index (χ0) is 12.8. The first-order chi connectivity index (χ1) is 8.78. The quantitative estimate of drug-likeness (QED) is 0.581. The maximum atomic E-state index is 10.4. The van der Waals surface area contributed by atoms with Gasteiger partial charge in [-0.15, -0.1) is 0 Å². The second kappa shape index (κ2) is 5.97. The molecule has 0 aliphatic rings. The van der Waals surface area contributed by atoms with Crippen LogP contribution in [0, 0.1) is 6.92 Å². The Hall–Kier alpha value is -2.15. The lowest BCUT2D eigenvalue weighted by atomic mass is 10.1. The topological polar surface area (TPSA) is 17.1 Å². The Kier molecular flexibility index (Phi) is 4.08. The third-order valence-corrected chi connectivity index (χ3v) is 2.81. The molecule has 90 valence electrons. The van der Waals surface area contributed by atoms with Crippen LogP contribution in [0.3, 0.4) is 0 Å². The maximum absolute atomic E-state index is 10.4. The summed E-state index contributed by atoms with van der Waals surface area (Å²) in [4.78, 5) is 10.4. The normalized spacial score (nSPS) is 10.7. The fourth-order valence-electron chi connectivity index (χ4n) is 1.83. The van der Waals surface area contributed by atoms with E-state index in [1.54, 1.807) is 0 Å². The van der Waals surface area contributed by atoms with Crippen molar-refractivity contribution in [1.29, 1.82) is 0 Å². The molecule has 0 saturated carbocycles. The van der Waals surface area contributed by atoms with Gasteiger partial charge in [-0.1, -0.05) is 66.2 Å². The molecular formula is C17H16O. The van der Waals surface area contributed by atoms with Gasteiger partial charge in [-0.25, -0.2) is 0 Å². The first kappa shape index (κ1) is 12.3. The molecule has 0 aliphatic carbocycles. The standard InChI is InChI=1S/C17H16O/c1-14-3-2-4-17(13-14)10-9-15-5-7-16(8-6-15)11-12-18/h2-10,12-13H,11H2,1H3/b10-9+. The van der Waals surface area contributed by atoms with Gasteiger partial charge in [0, 0.05) is 6.42 Å². The minimum absolute atomic E-state index is 0.488. The summed E-state index contributed by atoms with van der Waals surface area (Å²) < 4.78 is 0. The molecule has 18 heavy (non-hydrogen) atoms. The molecule has 2 aromatic carbocycles. The highest BCUT2D eigenvalue weighted by Gasteiger charge is 1.92. The second-order valence-corrected chi connectivity index (χ2v) is 4.36. The van der Waals surface area contributed by atoms with E-state index in [0.717, 1.165) is 17.4 Å². The van der Waals surface area contributed by atoms with E-state index in [0.29, 0.717) is 6.42 Å². The molecule has 0 aromatic heterocycles. The van der Waals surface area contributed by atoms with Crippen LogP contribution in [0.25, 0.3) is 12.2 Å². The van der Waals surface area contributed by atoms with Crippen LogP contribution in [-0.2, 0) is 11.2 Å². The first-order valence-corrected chi connectivity index (χ1v) is 6.05. The Morgan fingerprint density at radius 3 is 2.33 bits per heavy atom. The van der Waals surface area contributed by atoms with Gasteiger partial charge < -0.3 is 4.79 Å². The lowest BCUT2D eigenvalue weighted by Gasteiger charge is -1.98. The molecule has 2 rings (SSSR count). The monoisotopic (exact) mass is 236 g/mol. The molecule has 0 aliphatic heterocycles. The number of carbonyl (C=O) groups excluding carboxylic acids is 1. The van der Waals surface area contributed by atoms with Gasteiger partial charge in [-0.2, -0.15) is 0 Å². The van der Waals surface area contributed by atoms with Crippen molar-refractivity contribution in [2.75, 3.05) is 0 Å². The summed E-state index contributed by atoms with van der Waals surface area (Å²) >= 11 is 0. The predicted molar refractivity (Wildman–Crippen MR) is 76.3 cm³/mol. The van der Waals surface area contributed by atoms with E-state index in [2.05, 4.69) is 43.3 Å². The van der Waals surface area contributed by atoms with Crippen molar-refractivity contribution in [3.8, 4) is 0 Å². The molecule has 0 heterocycles. The summed E-state index contributed by atoms with van der Waals surface area (Å²) in [5.74, 6) is 0. The van der Waals surface area contributed by atoms with Gasteiger partial charge in [0.05, 0.1) is 0 Å². The number of benzene rings is 2. The highest BCUT2D eigenvalue weighted by atomic mass is 16.1. The van der Waals surface area contributed by atoms with Crippen molar-refractivity contribution in [2.45, 2.75) is 13.3 Å². The first-order valence-electron chi connectivity index (χ1n) is 6.05. The summed E-state index contributed by atoms with van der Waals surface area (Å²) in [6, 6.07) is 16.4. The summed E-state index contributed by atoms with van der Waals surface area (Å²) in [7, 11) is 0. The fraction of sp³-hybridized carbons (Fsp3) is 0.118. The van der Waals surface area contributed by atoms with E-state index in [9.17, 15) is 4.79 Å². The summed E-state index contributed by atoms with van der Waals surface area (Å²) in [5.41, 5.74) is 4.66. The Morgan fingerprint density at radius 2 is 1.67 bits per heavy atom. The van der Waals surface area contributed by atoms with E-state index in [1.165, 1.54) is 11.1 Å². The molecule has 0 N–H and O–H groups in total. The molecule has 1 heteroatoms. The van der Waals surface area contributed by atoms with Crippen LogP contribution < -0.4 is 0 Å². The number of hydrogen-bond acceptors (Lipinski definition) is 1. The van der Waals surface area contributed by atoms with Crippen LogP contribution in [0.5, 0.6) is 0 Å². The van der Waals surface area contributed by atoms with Gasteiger partial charge in [0.15, 0.2) is 0 Å². The van der Waals surface area contributed by atoms with E-state index in [4.69, 9.17) is 0 Å². The summed E-state index contributed by atoms with van der Waals surface area (Å²) in [5, 5.41) is 0. The highest BCUT2D eigenvalue weighted by Crippen LogP contribution is 2.11. The smallest absolute Gasteiger partial charge is 0.124 e. The SMILES string of the molecule is Cc1cccc(/C=C/c2ccc(CC=O)cc2)c1. The Balaban J connectivity index is 2.11. The lowest BCUT2D eigenvalue weighted by Crippen LogP contribution is -1.84. The summed E-state index contributed by atoms with van der Waals surface area (Å²) in [6.45, 7) is 2.09. The molecule has 0 atom stereocenters. The summed E-state index contributed by atoms with van der Waals surface area (Å²) in [6.07, 6.45) is 5.60. The third kappa shape index (κ3) is 3.42. The van der Waals surface area contributed by atoms with Crippen molar-refractivity contribution in [3.63, 3.8) is 0 Å². The largest absolute Gasteiger partial charge is 0.303 e. The van der Waals surface area contributed by atoms with Gasteiger partial charge >= 0.3 is 0 Å². The number of rotatable bonds is 4. The van der Waals surface area contributed by atoms with Crippen molar-refractivity contribution in [1.82, 2.24) is 0 Å². The molecule has 0 fully saturated rings. The van der Waals surface area contributed by atoms with Gasteiger partial charge in [-0.3, -0.25) is 0 Å². The van der Waals surface area contributed by atoms with Crippen LogP contribution in [0.2, 0.25) is 0 Å². The fourth-order valence-corrected chi connectivity index (χ4v) is 1.83. The van der Waals surface area contributed by atoms with Gasteiger partial charge in [0.2, 0.25) is 0 Å². The second-order valence-electron chi connectivity index (χ2n) is 4.36. The Bertz CT molecular complexity index is 550. The number of hydrogen-bond donors (Lipinski definition) is 0. The Morgan fingerprint density at radius 1 is 0.944 bits per heavy atom. The van der Waals surface area contributed by atoms with E-state index >= 15 is 0 Å². The van der Waals surface area contributed by atoms with Crippen molar-refractivity contribution in [3.05, 3.63) is 70.8 Å². The van der Waals surface area contributed by atoms with Gasteiger partial charge in [-0.05, 0) is 23.6 Å². The van der Waals surface area contributed by atoms with Crippen LogP contribution in [0.4, 0.5) is 0 Å². The molecular weight excluding hydrogens is 220 g/mol. The van der Waals surface area contributed by atoms with Crippen molar-refractivity contribution >= 4 is 18.4 Å². The molecule has 1 nitrogen and oxygen atoms in total. The zero-order valence-corrected chi connectivity index (χ0v) is 10.5. The molecule has 0 unspecified atom stereocenters. The molecule has 0 radical (unpaired) electrons. The number of carbonyl (C=O) groups is 1. The minimum Gasteiger partial charge on any atom is -0.303 e. The molecule has 0 amide bonds. The van der Waals surface area contributed by atoms with Crippen LogP contribution in [-0.4, -0.2) is 6.29 Å². The molecule has 0 spiro atoms. The van der Waals surface area contributed by atoms with Gasteiger partial charge in [0.1, 0.15) is 6.29 Å². The molecule has 0 saturated heterocycles. The number of aryl methyl sites for hydroxylation is 1. The molecule has 0 bridgehead atoms. The van der Waals surface area contributed by atoms with Crippen LogP contribution in [0.1, 0.15) is 22.3 Å². The van der Waals surface area contributed by atoms with Crippen LogP contribution in [0.15, 0.2) is 48.5 Å². The predicted octanol–water partition coefficient (Wildman–Crippen LogP) is 3.91. The average Bonchev–Trinajstić information content (AvgIpc) is 2.38. The minimum atomic E-state index is 0.488. The maximum Gasteiger partial charge on any atom is 0.124 e. The molecule has 2 aromatic rings. The highest BCUT2D eigenvalue weighted by molar-refractivity contribution is 5.70. The number of aldehydes is 1. The van der Waals surface area contributed by atoms with E-state index < -0.39 is 0 Å². The zero-order valence-electron chi connectivity index (χ0n) is 10.5. The average molecular weight is 236 g/mol. The Labute approximate surface area is 108 Å². The third-order valence-electron chi connectivity index (χ3n) is 2.81. The van der Waals surface area contributed by atoms with Crippen molar-refractivity contribution < 1.29 is 4.79 Å².